The number of ether oxygens (including phenoxy) is 1. The smallest absolute Gasteiger partial charge is 0.272 e. The fraction of sp³-hybridized carbons (Fsp3) is 0.200. The third-order valence-electron chi connectivity index (χ3n) is 3.12. The summed E-state index contributed by atoms with van der Waals surface area (Å²) in [4.78, 5) is 10.4. The van der Waals surface area contributed by atoms with E-state index in [4.69, 9.17) is 9.84 Å². The van der Waals surface area contributed by atoms with E-state index in [9.17, 15) is 14.5 Å². The van der Waals surface area contributed by atoms with E-state index in [1.165, 1.54) is 24.3 Å². The van der Waals surface area contributed by atoms with Crippen LogP contribution in [0.4, 0.5) is 10.1 Å². The Hall–Kier alpha value is -2.47. The van der Waals surface area contributed by atoms with Crippen molar-refractivity contribution in [2.45, 2.75) is 20.1 Å². The van der Waals surface area contributed by atoms with Crippen molar-refractivity contribution in [2.75, 3.05) is 0 Å². The van der Waals surface area contributed by atoms with E-state index in [1.807, 2.05) is 0 Å². The zero-order valence-corrected chi connectivity index (χ0v) is 11.4. The summed E-state index contributed by atoms with van der Waals surface area (Å²) in [5.74, 6) is -0.239. The molecule has 0 spiro atoms. The highest BCUT2D eigenvalue weighted by Crippen LogP contribution is 2.23. The molecule has 2 aromatic carbocycles. The van der Waals surface area contributed by atoms with E-state index in [1.54, 1.807) is 19.1 Å². The Balaban J connectivity index is 2.19. The summed E-state index contributed by atoms with van der Waals surface area (Å²) in [5, 5.41) is 19.9. The Kier molecular flexibility index (Phi) is 4.49. The lowest BCUT2D eigenvalue weighted by Gasteiger charge is -2.10. The molecular formula is C15H14FNO4. The van der Waals surface area contributed by atoms with Crippen LogP contribution < -0.4 is 4.74 Å². The first-order chi connectivity index (χ1) is 10.0. The minimum absolute atomic E-state index is 0.0198. The molecule has 0 atom stereocenters. The van der Waals surface area contributed by atoms with Gasteiger partial charge in [-0.05, 0) is 30.2 Å². The van der Waals surface area contributed by atoms with E-state index in [-0.39, 0.29) is 24.7 Å². The van der Waals surface area contributed by atoms with Gasteiger partial charge in [0.15, 0.2) is 0 Å². The van der Waals surface area contributed by atoms with Gasteiger partial charge in [0.05, 0.1) is 11.5 Å². The van der Waals surface area contributed by atoms with Crippen LogP contribution in [0.5, 0.6) is 5.75 Å². The molecule has 0 aliphatic rings. The molecule has 2 rings (SSSR count). The quantitative estimate of drug-likeness (QED) is 0.678. The summed E-state index contributed by atoms with van der Waals surface area (Å²) < 4.78 is 18.8. The van der Waals surface area contributed by atoms with Crippen molar-refractivity contribution in [1.82, 2.24) is 0 Å². The summed E-state index contributed by atoms with van der Waals surface area (Å²) in [6.45, 7) is 1.44. The van der Waals surface area contributed by atoms with Crippen LogP contribution in [-0.4, -0.2) is 10.0 Å². The Morgan fingerprint density at radius 1 is 1.33 bits per heavy atom. The van der Waals surface area contributed by atoms with Crippen LogP contribution in [0.3, 0.4) is 0 Å². The average Bonchev–Trinajstić information content (AvgIpc) is 2.45. The first-order valence-corrected chi connectivity index (χ1v) is 6.27. The van der Waals surface area contributed by atoms with E-state index < -0.39 is 10.7 Å². The number of halogens is 1. The van der Waals surface area contributed by atoms with Gasteiger partial charge in [-0.25, -0.2) is 4.39 Å². The van der Waals surface area contributed by atoms with E-state index >= 15 is 0 Å². The van der Waals surface area contributed by atoms with Gasteiger partial charge in [0.25, 0.3) is 5.69 Å². The van der Waals surface area contributed by atoms with Crippen molar-refractivity contribution in [3.63, 3.8) is 0 Å². The van der Waals surface area contributed by atoms with Crippen molar-refractivity contribution in [2.24, 2.45) is 0 Å². The van der Waals surface area contributed by atoms with Crippen molar-refractivity contribution in [1.29, 1.82) is 0 Å². The number of aliphatic hydroxyl groups excluding tert-OH is 1. The van der Waals surface area contributed by atoms with Crippen molar-refractivity contribution >= 4 is 5.69 Å². The molecule has 6 heteroatoms. The third kappa shape index (κ3) is 3.55. The van der Waals surface area contributed by atoms with Crippen molar-refractivity contribution in [3.05, 3.63) is 69.0 Å². The van der Waals surface area contributed by atoms with E-state index in [0.29, 0.717) is 16.7 Å². The number of aliphatic hydroxyl groups is 1. The molecule has 2 aromatic rings. The molecule has 110 valence electrons. The molecule has 0 heterocycles. The molecule has 0 aliphatic carbocycles. The summed E-state index contributed by atoms with van der Waals surface area (Å²) >= 11 is 0. The molecule has 0 amide bonds. The van der Waals surface area contributed by atoms with Crippen LogP contribution in [0, 0.1) is 22.9 Å². The van der Waals surface area contributed by atoms with Gasteiger partial charge in [-0.2, -0.15) is 0 Å². The third-order valence-corrected chi connectivity index (χ3v) is 3.12. The highest BCUT2D eigenvalue weighted by molar-refractivity contribution is 5.44. The standard InChI is InChI=1S/C15H14FNO4/c1-10-12(3-2-4-15(10)17(19)20)9-21-14-6-11(8-18)5-13(16)7-14/h2-7,18H,8-9H2,1H3. The summed E-state index contributed by atoms with van der Waals surface area (Å²) in [6, 6.07) is 8.65. The molecule has 1 N–H and O–H groups in total. The second-order valence-electron chi connectivity index (χ2n) is 4.56. The van der Waals surface area contributed by atoms with Gasteiger partial charge in [-0.3, -0.25) is 10.1 Å². The highest BCUT2D eigenvalue weighted by Gasteiger charge is 2.13. The van der Waals surface area contributed by atoms with Crippen LogP contribution in [-0.2, 0) is 13.2 Å². The maximum Gasteiger partial charge on any atom is 0.272 e. The molecule has 0 aliphatic heterocycles. The van der Waals surface area contributed by atoms with Gasteiger partial charge in [-0.15, -0.1) is 0 Å². The van der Waals surface area contributed by atoms with Gasteiger partial charge in [0.2, 0.25) is 0 Å². The van der Waals surface area contributed by atoms with Gasteiger partial charge >= 0.3 is 0 Å². The fourth-order valence-electron chi connectivity index (χ4n) is 1.98. The van der Waals surface area contributed by atoms with Crippen LogP contribution >= 0.6 is 0 Å². The van der Waals surface area contributed by atoms with Gasteiger partial charge in [0.1, 0.15) is 18.2 Å². The summed E-state index contributed by atoms with van der Waals surface area (Å²) in [5.41, 5.74) is 1.59. The predicted molar refractivity (Wildman–Crippen MR) is 74.5 cm³/mol. The minimum Gasteiger partial charge on any atom is -0.489 e. The SMILES string of the molecule is Cc1c(COc2cc(F)cc(CO)c2)cccc1[N+](=O)[O-]. The molecule has 0 saturated carbocycles. The lowest BCUT2D eigenvalue weighted by molar-refractivity contribution is -0.385. The molecule has 21 heavy (non-hydrogen) atoms. The first kappa shape index (κ1) is 14.9. The first-order valence-electron chi connectivity index (χ1n) is 6.27. The number of hydrogen-bond donors (Lipinski definition) is 1. The minimum atomic E-state index is -0.507. The topological polar surface area (TPSA) is 72.6 Å². The van der Waals surface area contributed by atoms with Crippen LogP contribution in [0.2, 0.25) is 0 Å². The van der Waals surface area contributed by atoms with Gasteiger partial charge in [-0.1, -0.05) is 12.1 Å². The molecule has 0 saturated heterocycles. The predicted octanol–water partition coefficient (Wildman–Crippen LogP) is 3.11. The molecular weight excluding hydrogens is 277 g/mol. The summed E-state index contributed by atoms with van der Waals surface area (Å²) in [6.07, 6.45) is 0. The fourth-order valence-corrected chi connectivity index (χ4v) is 1.98. The number of nitrogens with zero attached hydrogens (tertiary/aromatic N) is 1. The van der Waals surface area contributed by atoms with Crippen molar-refractivity contribution in [3.8, 4) is 5.75 Å². The highest BCUT2D eigenvalue weighted by atomic mass is 19.1. The zero-order valence-electron chi connectivity index (χ0n) is 11.4. The lowest BCUT2D eigenvalue weighted by atomic mass is 10.1. The Morgan fingerprint density at radius 2 is 2.10 bits per heavy atom. The van der Waals surface area contributed by atoms with Gasteiger partial charge in [0, 0.05) is 17.7 Å². The number of nitro groups is 1. The Labute approximate surface area is 120 Å². The normalized spacial score (nSPS) is 10.4. The molecule has 0 bridgehead atoms. The number of benzene rings is 2. The largest absolute Gasteiger partial charge is 0.489 e. The second kappa shape index (κ2) is 6.32. The van der Waals surface area contributed by atoms with Crippen molar-refractivity contribution < 1.29 is 19.2 Å². The number of rotatable bonds is 5. The van der Waals surface area contributed by atoms with E-state index in [2.05, 4.69) is 0 Å². The molecule has 5 nitrogen and oxygen atoms in total. The lowest BCUT2D eigenvalue weighted by Crippen LogP contribution is -2.01. The average molecular weight is 291 g/mol. The number of hydrogen-bond acceptors (Lipinski definition) is 4. The molecule has 0 fully saturated rings. The Bertz CT molecular complexity index is 673. The maximum atomic E-state index is 13.3. The molecule has 0 unspecified atom stereocenters. The maximum absolute atomic E-state index is 13.3. The van der Waals surface area contributed by atoms with Crippen LogP contribution in [0.15, 0.2) is 36.4 Å². The van der Waals surface area contributed by atoms with E-state index in [0.717, 1.165) is 0 Å². The molecule has 0 aromatic heterocycles. The Morgan fingerprint density at radius 3 is 2.76 bits per heavy atom. The summed E-state index contributed by atoms with van der Waals surface area (Å²) in [7, 11) is 0. The zero-order chi connectivity index (χ0) is 15.4. The second-order valence-corrected chi connectivity index (χ2v) is 4.56. The molecule has 0 radical (unpaired) electrons. The monoisotopic (exact) mass is 291 g/mol. The van der Waals surface area contributed by atoms with Crippen LogP contribution in [0.25, 0.3) is 0 Å². The van der Waals surface area contributed by atoms with Crippen LogP contribution in [0.1, 0.15) is 16.7 Å². The van der Waals surface area contributed by atoms with Gasteiger partial charge < -0.3 is 9.84 Å². The number of nitro benzene ring substituents is 1.